The van der Waals surface area contributed by atoms with Crippen molar-refractivity contribution in [2.24, 2.45) is 9.98 Å². The van der Waals surface area contributed by atoms with Crippen molar-refractivity contribution in [1.82, 2.24) is 0 Å². The van der Waals surface area contributed by atoms with Crippen molar-refractivity contribution in [3.05, 3.63) is 35.9 Å². The molecule has 0 bridgehead atoms. The van der Waals surface area contributed by atoms with Gasteiger partial charge in [-0.15, -0.1) is 0 Å². The molecule has 1 aromatic rings. The summed E-state index contributed by atoms with van der Waals surface area (Å²) in [6, 6.07) is 10.1. The summed E-state index contributed by atoms with van der Waals surface area (Å²) in [5, 5.41) is 0. The molecule has 11 heavy (non-hydrogen) atoms. The second-order valence-corrected chi connectivity index (χ2v) is 2.36. The van der Waals surface area contributed by atoms with Gasteiger partial charge in [0.2, 0.25) is 0 Å². The Balaban J connectivity index is 2.37. The molecule has 0 spiro atoms. The first kappa shape index (κ1) is 6.28. The average Bonchev–Trinajstić information content (AvgIpc) is 2.58. The van der Waals surface area contributed by atoms with Gasteiger partial charge in [0.1, 0.15) is 6.67 Å². The summed E-state index contributed by atoms with van der Waals surface area (Å²) in [6.07, 6.45) is 1.81. The van der Waals surface area contributed by atoms with E-state index in [1.165, 1.54) is 0 Å². The second-order valence-electron chi connectivity index (χ2n) is 2.36. The van der Waals surface area contributed by atoms with Crippen LogP contribution in [0, 0.1) is 0 Å². The first-order valence-corrected chi connectivity index (χ1v) is 3.56. The molecule has 1 aliphatic rings. The van der Waals surface area contributed by atoms with Gasteiger partial charge in [0, 0.05) is 11.8 Å². The molecule has 0 radical (unpaired) electrons. The molecular weight excluding hydrogens is 136 g/mol. The Kier molecular flexibility index (Phi) is 1.52. The van der Waals surface area contributed by atoms with Crippen molar-refractivity contribution in [3.63, 3.8) is 0 Å². The summed E-state index contributed by atoms with van der Waals surface area (Å²) in [6.45, 7) is 0.588. The minimum Gasteiger partial charge on any atom is -0.268 e. The number of aliphatic imine (C=N–C) groups is 2. The normalized spacial score (nSPS) is 15.1. The van der Waals surface area contributed by atoms with E-state index >= 15 is 0 Å². The first-order valence-electron chi connectivity index (χ1n) is 3.56. The maximum Gasteiger partial charge on any atom is 0.130 e. The van der Waals surface area contributed by atoms with Crippen LogP contribution in [0.2, 0.25) is 0 Å². The van der Waals surface area contributed by atoms with Gasteiger partial charge in [-0.2, -0.15) is 0 Å². The van der Waals surface area contributed by atoms with Gasteiger partial charge in [-0.3, -0.25) is 9.98 Å². The van der Waals surface area contributed by atoms with E-state index in [1.54, 1.807) is 0 Å². The maximum absolute atomic E-state index is 4.20. The number of benzene rings is 1. The average molecular weight is 144 g/mol. The van der Waals surface area contributed by atoms with Crippen LogP contribution in [0.4, 0.5) is 0 Å². The van der Waals surface area contributed by atoms with Gasteiger partial charge in [-0.25, -0.2) is 0 Å². The molecule has 2 heteroatoms. The van der Waals surface area contributed by atoms with Gasteiger partial charge in [-0.1, -0.05) is 30.3 Å². The van der Waals surface area contributed by atoms with E-state index in [9.17, 15) is 0 Å². The number of nitrogens with zero attached hydrogens (tertiary/aromatic N) is 2. The highest BCUT2D eigenvalue weighted by atomic mass is 15.0. The Labute approximate surface area is 65.3 Å². The third-order valence-corrected chi connectivity index (χ3v) is 1.61. The lowest BCUT2D eigenvalue weighted by Crippen LogP contribution is -1.97. The minimum atomic E-state index is 0.588. The third kappa shape index (κ3) is 1.19. The van der Waals surface area contributed by atoms with Crippen molar-refractivity contribution < 1.29 is 0 Å². The predicted octanol–water partition coefficient (Wildman–Crippen LogP) is 1.52. The van der Waals surface area contributed by atoms with Crippen LogP contribution < -0.4 is 0 Å². The summed E-state index contributed by atoms with van der Waals surface area (Å²) in [7, 11) is 0. The van der Waals surface area contributed by atoms with Gasteiger partial charge in [0.15, 0.2) is 0 Å². The maximum atomic E-state index is 4.20. The molecule has 0 amide bonds. The Hall–Kier alpha value is -1.44. The van der Waals surface area contributed by atoms with Crippen molar-refractivity contribution in [2.45, 2.75) is 0 Å². The van der Waals surface area contributed by atoms with Crippen LogP contribution >= 0.6 is 0 Å². The summed E-state index contributed by atoms with van der Waals surface area (Å²) < 4.78 is 0. The Morgan fingerprint density at radius 3 is 2.55 bits per heavy atom. The zero-order chi connectivity index (χ0) is 7.52. The highest BCUT2D eigenvalue weighted by molar-refractivity contribution is 6.39. The smallest absolute Gasteiger partial charge is 0.130 e. The highest BCUT2D eigenvalue weighted by Gasteiger charge is 2.01. The van der Waals surface area contributed by atoms with Crippen LogP contribution in [0.5, 0.6) is 0 Å². The fourth-order valence-electron chi connectivity index (χ4n) is 1.06. The standard InChI is InChI=1S/C9H8N2/c1-2-4-8(5-3-1)9-6-10-7-11-9/h1-6H,7H2. The highest BCUT2D eigenvalue weighted by Crippen LogP contribution is 2.02. The molecule has 0 saturated heterocycles. The topological polar surface area (TPSA) is 24.7 Å². The van der Waals surface area contributed by atoms with Gasteiger partial charge >= 0.3 is 0 Å². The van der Waals surface area contributed by atoms with Crippen LogP contribution in [0.1, 0.15) is 5.56 Å². The fraction of sp³-hybridized carbons (Fsp3) is 0.111. The molecule has 2 nitrogen and oxygen atoms in total. The number of hydrogen-bond acceptors (Lipinski definition) is 2. The lowest BCUT2D eigenvalue weighted by atomic mass is 10.1. The van der Waals surface area contributed by atoms with Gasteiger partial charge < -0.3 is 0 Å². The Morgan fingerprint density at radius 1 is 1.09 bits per heavy atom. The van der Waals surface area contributed by atoms with Crippen LogP contribution in [-0.2, 0) is 0 Å². The van der Waals surface area contributed by atoms with Crippen LogP contribution in [0.15, 0.2) is 40.3 Å². The van der Waals surface area contributed by atoms with Crippen molar-refractivity contribution in [1.29, 1.82) is 0 Å². The largest absolute Gasteiger partial charge is 0.268 e. The SMILES string of the molecule is C1=NCN=C1c1ccccc1. The minimum absolute atomic E-state index is 0.588. The van der Waals surface area contributed by atoms with E-state index < -0.39 is 0 Å². The van der Waals surface area contributed by atoms with Crippen LogP contribution in [0.25, 0.3) is 0 Å². The van der Waals surface area contributed by atoms with E-state index in [1.807, 2.05) is 36.5 Å². The van der Waals surface area contributed by atoms with Gasteiger partial charge in [0.25, 0.3) is 0 Å². The molecular formula is C9H8N2. The molecule has 1 aromatic carbocycles. The Morgan fingerprint density at radius 2 is 1.91 bits per heavy atom. The Bertz CT molecular complexity index is 299. The number of hydrogen-bond donors (Lipinski definition) is 0. The summed E-state index contributed by atoms with van der Waals surface area (Å²) >= 11 is 0. The summed E-state index contributed by atoms with van der Waals surface area (Å²) in [5.74, 6) is 0. The van der Waals surface area contributed by atoms with E-state index in [2.05, 4.69) is 9.98 Å². The summed E-state index contributed by atoms with van der Waals surface area (Å²) in [5.41, 5.74) is 2.14. The van der Waals surface area contributed by atoms with E-state index in [4.69, 9.17) is 0 Å². The van der Waals surface area contributed by atoms with Crippen LogP contribution in [0.3, 0.4) is 0 Å². The zero-order valence-electron chi connectivity index (χ0n) is 6.07. The summed E-state index contributed by atoms with van der Waals surface area (Å²) in [4.78, 5) is 8.21. The molecule has 0 aromatic heterocycles. The third-order valence-electron chi connectivity index (χ3n) is 1.61. The fourth-order valence-corrected chi connectivity index (χ4v) is 1.06. The van der Waals surface area contributed by atoms with Crippen molar-refractivity contribution in [2.75, 3.05) is 6.67 Å². The molecule has 0 saturated carbocycles. The van der Waals surface area contributed by atoms with Crippen molar-refractivity contribution >= 4 is 11.9 Å². The van der Waals surface area contributed by atoms with E-state index in [0.29, 0.717) is 6.67 Å². The number of rotatable bonds is 1. The molecule has 2 rings (SSSR count). The van der Waals surface area contributed by atoms with E-state index in [-0.39, 0.29) is 0 Å². The first-order chi connectivity index (χ1) is 5.47. The molecule has 0 N–H and O–H groups in total. The van der Waals surface area contributed by atoms with E-state index in [0.717, 1.165) is 11.3 Å². The monoisotopic (exact) mass is 144 g/mol. The second kappa shape index (κ2) is 2.66. The lowest BCUT2D eigenvalue weighted by molar-refractivity contribution is 1.11. The zero-order valence-corrected chi connectivity index (χ0v) is 6.07. The molecule has 54 valence electrons. The molecule has 1 heterocycles. The molecule has 0 atom stereocenters. The molecule has 0 fully saturated rings. The lowest BCUT2D eigenvalue weighted by Gasteiger charge is -1.93. The van der Waals surface area contributed by atoms with Gasteiger partial charge in [-0.05, 0) is 0 Å². The molecule has 0 aliphatic carbocycles. The van der Waals surface area contributed by atoms with Crippen LogP contribution in [-0.4, -0.2) is 18.6 Å². The predicted molar refractivity (Wildman–Crippen MR) is 46.3 cm³/mol. The molecule has 1 aliphatic heterocycles. The van der Waals surface area contributed by atoms with Gasteiger partial charge in [0.05, 0.1) is 5.71 Å². The molecule has 0 unspecified atom stereocenters. The van der Waals surface area contributed by atoms with Crippen molar-refractivity contribution in [3.8, 4) is 0 Å². The quantitative estimate of drug-likeness (QED) is 0.571.